The molecule has 3 nitrogen and oxygen atoms in total. The average molecular weight is 234 g/mol. The molecule has 0 aliphatic rings. The molecule has 0 aliphatic carbocycles. The van der Waals surface area contributed by atoms with Gasteiger partial charge in [0, 0.05) is 0 Å². The fourth-order valence-corrected chi connectivity index (χ4v) is 1.34. The van der Waals surface area contributed by atoms with E-state index < -0.39 is 0 Å². The van der Waals surface area contributed by atoms with Crippen LogP contribution in [0.2, 0.25) is 0 Å². The van der Waals surface area contributed by atoms with Crippen LogP contribution in [0.4, 0.5) is 0 Å². The smallest absolute Gasteiger partial charge is 0.161 e. The van der Waals surface area contributed by atoms with Crippen molar-refractivity contribution < 1.29 is 14.3 Å². The molecule has 0 atom stereocenters. The van der Waals surface area contributed by atoms with Crippen LogP contribution in [-0.4, -0.2) is 19.5 Å². The number of ketones is 1. The predicted octanol–water partition coefficient (Wildman–Crippen LogP) is 3.09. The second-order valence-corrected chi connectivity index (χ2v) is 3.70. The van der Waals surface area contributed by atoms with Crippen LogP contribution < -0.4 is 9.47 Å². The third-order valence-corrected chi connectivity index (χ3v) is 2.16. The number of hydrogen-bond acceptors (Lipinski definition) is 3. The van der Waals surface area contributed by atoms with Crippen LogP contribution in [0, 0.1) is 0 Å². The summed E-state index contributed by atoms with van der Waals surface area (Å²) < 4.78 is 10.8. The molecule has 0 saturated heterocycles. The lowest BCUT2D eigenvalue weighted by Gasteiger charge is -2.10. The molecule has 3 heteroatoms. The molecule has 0 spiro atoms. The highest BCUT2D eigenvalue weighted by Crippen LogP contribution is 2.28. The Labute approximate surface area is 102 Å². The zero-order valence-electron chi connectivity index (χ0n) is 10.5. The third kappa shape index (κ3) is 4.31. The van der Waals surface area contributed by atoms with Crippen molar-refractivity contribution in [3.8, 4) is 11.5 Å². The normalized spacial score (nSPS) is 10.5. The summed E-state index contributed by atoms with van der Waals surface area (Å²) in [5.74, 6) is 1.44. The zero-order valence-corrected chi connectivity index (χ0v) is 10.5. The van der Waals surface area contributed by atoms with Crippen LogP contribution in [-0.2, 0) is 4.79 Å². The Kier molecular flexibility index (Phi) is 5.27. The van der Waals surface area contributed by atoms with Crippen molar-refractivity contribution in [2.75, 3.05) is 13.7 Å². The first-order chi connectivity index (χ1) is 8.17. The quantitative estimate of drug-likeness (QED) is 0.709. The second kappa shape index (κ2) is 6.74. The highest BCUT2D eigenvalue weighted by Gasteiger charge is 2.04. The molecule has 17 heavy (non-hydrogen) atoms. The first-order valence-electron chi connectivity index (χ1n) is 5.67. The van der Waals surface area contributed by atoms with E-state index in [1.807, 2.05) is 25.1 Å². The molecule has 0 bridgehead atoms. The first-order valence-corrected chi connectivity index (χ1v) is 5.67. The molecule has 0 N–H and O–H groups in total. The van der Waals surface area contributed by atoms with Crippen LogP contribution in [0.3, 0.4) is 0 Å². The fourth-order valence-electron chi connectivity index (χ4n) is 1.34. The van der Waals surface area contributed by atoms with Crippen molar-refractivity contribution in [2.45, 2.75) is 20.3 Å². The summed E-state index contributed by atoms with van der Waals surface area (Å²) >= 11 is 0. The maximum Gasteiger partial charge on any atom is 0.161 e. The number of carbonyl (C=O) groups is 1. The molecular weight excluding hydrogens is 216 g/mol. The SMILES string of the molecule is CCCOc1cc(C=CC(C)=O)ccc1OC. The summed E-state index contributed by atoms with van der Waals surface area (Å²) in [6, 6.07) is 5.59. The molecule has 0 fully saturated rings. The molecule has 92 valence electrons. The van der Waals surface area contributed by atoms with Gasteiger partial charge in [-0.1, -0.05) is 19.1 Å². The van der Waals surface area contributed by atoms with E-state index in [1.54, 1.807) is 13.2 Å². The van der Waals surface area contributed by atoms with E-state index in [0.717, 1.165) is 12.0 Å². The van der Waals surface area contributed by atoms with E-state index >= 15 is 0 Å². The van der Waals surface area contributed by atoms with Crippen molar-refractivity contribution in [1.82, 2.24) is 0 Å². The number of carbonyl (C=O) groups excluding carboxylic acids is 1. The minimum atomic E-state index is 0.0249. The van der Waals surface area contributed by atoms with Crippen LogP contribution in [0.1, 0.15) is 25.8 Å². The average Bonchev–Trinajstić information content (AvgIpc) is 2.33. The molecule has 0 aromatic heterocycles. The van der Waals surface area contributed by atoms with E-state index in [4.69, 9.17) is 9.47 Å². The molecule has 1 aromatic carbocycles. The Morgan fingerprint density at radius 1 is 1.35 bits per heavy atom. The molecular formula is C14H18O3. The molecule has 0 saturated carbocycles. The largest absolute Gasteiger partial charge is 0.493 e. The minimum absolute atomic E-state index is 0.0249. The Morgan fingerprint density at radius 3 is 2.71 bits per heavy atom. The van der Waals surface area contributed by atoms with Gasteiger partial charge >= 0.3 is 0 Å². The number of allylic oxidation sites excluding steroid dienone is 1. The van der Waals surface area contributed by atoms with Gasteiger partial charge in [-0.25, -0.2) is 0 Å². The number of benzene rings is 1. The van der Waals surface area contributed by atoms with E-state index in [1.165, 1.54) is 13.0 Å². The standard InChI is InChI=1S/C14H18O3/c1-4-9-17-14-10-12(6-5-11(2)15)7-8-13(14)16-3/h5-8,10H,4,9H2,1-3H3. The minimum Gasteiger partial charge on any atom is -0.493 e. The summed E-state index contributed by atoms with van der Waals surface area (Å²) in [5.41, 5.74) is 0.923. The molecule has 0 amide bonds. The number of rotatable bonds is 6. The van der Waals surface area contributed by atoms with E-state index in [2.05, 4.69) is 0 Å². The van der Waals surface area contributed by atoms with Gasteiger partial charge < -0.3 is 9.47 Å². The van der Waals surface area contributed by atoms with Crippen LogP contribution in [0.25, 0.3) is 6.08 Å². The maximum absolute atomic E-state index is 10.9. The Balaban J connectivity index is 2.91. The number of ether oxygens (including phenoxy) is 2. The third-order valence-electron chi connectivity index (χ3n) is 2.16. The van der Waals surface area contributed by atoms with E-state index in [9.17, 15) is 4.79 Å². The zero-order chi connectivity index (χ0) is 12.7. The predicted molar refractivity (Wildman–Crippen MR) is 68.5 cm³/mol. The van der Waals surface area contributed by atoms with Crippen LogP contribution >= 0.6 is 0 Å². The molecule has 1 aromatic rings. The summed E-state index contributed by atoms with van der Waals surface area (Å²) in [5, 5.41) is 0. The molecule has 0 aliphatic heterocycles. The maximum atomic E-state index is 10.9. The van der Waals surface area contributed by atoms with Gasteiger partial charge in [0.15, 0.2) is 17.3 Å². The van der Waals surface area contributed by atoms with Gasteiger partial charge in [0.2, 0.25) is 0 Å². The number of hydrogen-bond donors (Lipinski definition) is 0. The highest BCUT2D eigenvalue weighted by atomic mass is 16.5. The van der Waals surface area contributed by atoms with Gasteiger partial charge in [0.25, 0.3) is 0 Å². The van der Waals surface area contributed by atoms with Crippen molar-refractivity contribution >= 4 is 11.9 Å². The Morgan fingerprint density at radius 2 is 2.12 bits per heavy atom. The summed E-state index contributed by atoms with van der Waals surface area (Å²) in [7, 11) is 1.61. The second-order valence-electron chi connectivity index (χ2n) is 3.70. The highest BCUT2D eigenvalue weighted by molar-refractivity contribution is 5.91. The summed E-state index contributed by atoms with van der Waals surface area (Å²) in [6.07, 6.45) is 4.24. The van der Waals surface area contributed by atoms with Gasteiger partial charge in [-0.3, -0.25) is 4.79 Å². The Bertz CT molecular complexity index is 408. The molecule has 1 rings (SSSR count). The Hall–Kier alpha value is -1.77. The molecule has 0 radical (unpaired) electrons. The first kappa shape index (κ1) is 13.3. The van der Waals surface area contributed by atoms with Crippen molar-refractivity contribution in [3.63, 3.8) is 0 Å². The van der Waals surface area contributed by atoms with Crippen molar-refractivity contribution in [2.24, 2.45) is 0 Å². The summed E-state index contributed by atoms with van der Waals surface area (Å²) in [4.78, 5) is 10.9. The van der Waals surface area contributed by atoms with Gasteiger partial charge in [-0.15, -0.1) is 0 Å². The summed E-state index contributed by atoms with van der Waals surface area (Å²) in [6.45, 7) is 4.22. The number of methoxy groups -OCH3 is 1. The topological polar surface area (TPSA) is 35.5 Å². The van der Waals surface area contributed by atoms with Gasteiger partial charge in [-0.2, -0.15) is 0 Å². The monoisotopic (exact) mass is 234 g/mol. The lowest BCUT2D eigenvalue weighted by atomic mass is 10.1. The fraction of sp³-hybridized carbons (Fsp3) is 0.357. The van der Waals surface area contributed by atoms with E-state index in [-0.39, 0.29) is 5.78 Å². The van der Waals surface area contributed by atoms with Crippen LogP contribution in [0.5, 0.6) is 11.5 Å². The molecule has 0 unspecified atom stereocenters. The lowest BCUT2D eigenvalue weighted by Crippen LogP contribution is -1.98. The van der Waals surface area contributed by atoms with Gasteiger partial charge in [0.05, 0.1) is 13.7 Å². The van der Waals surface area contributed by atoms with Crippen LogP contribution in [0.15, 0.2) is 24.3 Å². The van der Waals surface area contributed by atoms with Crippen molar-refractivity contribution in [1.29, 1.82) is 0 Å². The van der Waals surface area contributed by atoms with Gasteiger partial charge in [0.1, 0.15) is 0 Å². The molecule has 0 heterocycles. The van der Waals surface area contributed by atoms with E-state index in [0.29, 0.717) is 18.1 Å². The lowest BCUT2D eigenvalue weighted by molar-refractivity contribution is -0.112. The van der Waals surface area contributed by atoms with Gasteiger partial charge in [-0.05, 0) is 37.1 Å². The van der Waals surface area contributed by atoms with Crippen molar-refractivity contribution in [3.05, 3.63) is 29.8 Å².